The number of likely N-dealkylation sites (N-methyl/N-ethyl adjacent to an activating group) is 1. The van der Waals surface area contributed by atoms with Crippen molar-refractivity contribution in [1.82, 2.24) is 14.7 Å². The van der Waals surface area contributed by atoms with Crippen molar-refractivity contribution >= 4 is 23.4 Å². The standard InChI is InChI=1S/C21H28ClN3O2/c1-23-9-11-25(12-10-23)20(26)15-5-7-24(8-6-15)21(27)19-14-18(19)16-3-2-4-17(22)13-16/h2-4,13,15,18-19H,5-12,14H2,1H3. The van der Waals surface area contributed by atoms with Gasteiger partial charge in [-0.25, -0.2) is 0 Å². The van der Waals surface area contributed by atoms with Crippen LogP contribution < -0.4 is 0 Å². The molecule has 1 aliphatic carbocycles. The van der Waals surface area contributed by atoms with Gasteiger partial charge in [0.2, 0.25) is 11.8 Å². The number of benzene rings is 1. The largest absolute Gasteiger partial charge is 0.342 e. The summed E-state index contributed by atoms with van der Waals surface area (Å²) in [7, 11) is 2.10. The van der Waals surface area contributed by atoms with Crippen LogP contribution in [0.4, 0.5) is 0 Å². The summed E-state index contributed by atoms with van der Waals surface area (Å²) in [6, 6.07) is 7.85. The van der Waals surface area contributed by atoms with Gasteiger partial charge >= 0.3 is 0 Å². The van der Waals surface area contributed by atoms with Crippen LogP contribution in [0.15, 0.2) is 24.3 Å². The fourth-order valence-corrected chi connectivity index (χ4v) is 4.64. The maximum atomic E-state index is 12.8. The summed E-state index contributed by atoms with van der Waals surface area (Å²) in [5, 5.41) is 0.730. The molecule has 146 valence electrons. The van der Waals surface area contributed by atoms with Crippen LogP contribution in [0, 0.1) is 11.8 Å². The molecule has 0 bridgehead atoms. The number of amides is 2. The van der Waals surface area contributed by atoms with Gasteiger partial charge in [0, 0.05) is 56.1 Å². The van der Waals surface area contributed by atoms with Crippen LogP contribution in [0.3, 0.4) is 0 Å². The van der Waals surface area contributed by atoms with Crippen LogP contribution in [-0.2, 0) is 9.59 Å². The number of likely N-dealkylation sites (tertiary alicyclic amines) is 1. The lowest BCUT2D eigenvalue weighted by molar-refractivity contribution is -0.142. The molecule has 0 radical (unpaired) electrons. The molecule has 2 saturated heterocycles. The first kappa shape index (κ1) is 18.8. The molecule has 5 nitrogen and oxygen atoms in total. The number of rotatable bonds is 3. The summed E-state index contributed by atoms with van der Waals surface area (Å²) in [5.41, 5.74) is 1.17. The fraction of sp³-hybridized carbons (Fsp3) is 0.619. The second-order valence-electron chi connectivity index (χ2n) is 8.23. The second kappa shape index (κ2) is 7.80. The lowest BCUT2D eigenvalue weighted by Gasteiger charge is -2.37. The van der Waals surface area contributed by atoms with E-state index in [-0.39, 0.29) is 17.7 Å². The number of hydrogen-bond acceptors (Lipinski definition) is 3. The van der Waals surface area contributed by atoms with E-state index in [1.54, 1.807) is 0 Å². The van der Waals surface area contributed by atoms with Gasteiger partial charge in [-0.05, 0) is 49.9 Å². The average Bonchev–Trinajstić information content (AvgIpc) is 3.48. The van der Waals surface area contributed by atoms with E-state index in [1.807, 2.05) is 28.0 Å². The van der Waals surface area contributed by atoms with Gasteiger partial charge in [-0.15, -0.1) is 0 Å². The van der Waals surface area contributed by atoms with Crippen molar-refractivity contribution in [2.24, 2.45) is 11.8 Å². The van der Waals surface area contributed by atoms with Gasteiger partial charge in [-0.3, -0.25) is 9.59 Å². The Hall–Kier alpha value is -1.59. The Bertz CT molecular complexity index is 709. The number of piperidine rings is 1. The zero-order chi connectivity index (χ0) is 19.0. The monoisotopic (exact) mass is 389 g/mol. The lowest BCUT2D eigenvalue weighted by atomic mass is 9.94. The van der Waals surface area contributed by atoms with Crippen molar-refractivity contribution in [2.75, 3.05) is 46.3 Å². The molecule has 2 heterocycles. The van der Waals surface area contributed by atoms with Gasteiger partial charge in [-0.1, -0.05) is 23.7 Å². The molecule has 4 rings (SSSR count). The summed E-state index contributed by atoms with van der Waals surface area (Å²) in [6.45, 7) is 4.99. The van der Waals surface area contributed by atoms with Crippen LogP contribution in [0.25, 0.3) is 0 Å². The van der Waals surface area contributed by atoms with E-state index in [0.29, 0.717) is 24.9 Å². The predicted molar refractivity (Wildman–Crippen MR) is 106 cm³/mol. The summed E-state index contributed by atoms with van der Waals surface area (Å²) >= 11 is 6.08. The third-order valence-electron chi connectivity index (χ3n) is 6.36. The van der Waals surface area contributed by atoms with Crippen molar-refractivity contribution in [1.29, 1.82) is 0 Å². The zero-order valence-corrected chi connectivity index (χ0v) is 16.7. The molecule has 2 aliphatic heterocycles. The van der Waals surface area contributed by atoms with Gasteiger partial charge in [0.1, 0.15) is 0 Å². The maximum Gasteiger partial charge on any atom is 0.226 e. The molecular formula is C21H28ClN3O2. The van der Waals surface area contributed by atoms with E-state index < -0.39 is 0 Å². The van der Waals surface area contributed by atoms with Gasteiger partial charge < -0.3 is 14.7 Å². The van der Waals surface area contributed by atoms with E-state index in [9.17, 15) is 9.59 Å². The van der Waals surface area contributed by atoms with Crippen LogP contribution in [0.1, 0.15) is 30.7 Å². The first-order valence-electron chi connectivity index (χ1n) is 10.0. The van der Waals surface area contributed by atoms with Gasteiger partial charge in [0.15, 0.2) is 0 Å². The summed E-state index contributed by atoms with van der Waals surface area (Å²) in [5.74, 6) is 1.03. The highest BCUT2D eigenvalue weighted by atomic mass is 35.5. The Labute approximate surface area is 166 Å². The molecular weight excluding hydrogens is 362 g/mol. The summed E-state index contributed by atoms with van der Waals surface area (Å²) < 4.78 is 0. The van der Waals surface area contributed by atoms with E-state index in [1.165, 1.54) is 5.56 Å². The van der Waals surface area contributed by atoms with E-state index >= 15 is 0 Å². The molecule has 1 aromatic carbocycles. The molecule has 6 heteroatoms. The third-order valence-corrected chi connectivity index (χ3v) is 6.59. The van der Waals surface area contributed by atoms with E-state index in [2.05, 4.69) is 18.0 Å². The molecule has 1 aromatic rings. The van der Waals surface area contributed by atoms with Crippen LogP contribution >= 0.6 is 11.6 Å². The maximum absolute atomic E-state index is 12.8. The highest BCUT2D eigenvalue weighted by molar-refractivity contribution is 6.30. The number of carbonyl (C=O) groups is 2. The second-order valence-corrected chi connectivity index (χ2v) is 8.67. The normalized spacial score (nSPS) is 26.9. The molecule has 2 atom stereocenters. The topological polar surface area (TPSA) is 43.9 Å². The predicted octanol–water partition coefficient (Wildman–Crippen LogP) is 2.46. The number of halogens is 1. The minimum absolute atomic E-state index is 0.0837. The van der Waals surface area contributed by atoms with Crippen molar-refractivity contribution in [2.45, 2.75) is 25.2 Å². The number of piperazine rings is 1. The molecule has 0 spiro atoms. The molecule has 1 saturated carbocycles. The summed E-state index contributed by atoms with van der Waals surface area (Å²) in [6.07, 6.45) is 2.51. The Morgan fingerprint density at radius 1 is 0.963 bits per heavy atom. The minimum atomic E-state index is 0.0837. The van der Waals surface area contributed by atoms with Crippen molar-refractivity contribution in [3.8, 4) is 0 Å². The molecule has 3 fully saturated rings. The van der Waals surface area contributed by atoms with Crippen molar-refractivity contribution in [3.63, 3.8) is 0 Å². The van der Waals surface area contributed by atoms with Gasteiger partial charge in [0.05, 0.1) is 0 Å². The molecule has 2 amide bonds. The number of nitrogens with zero attached hydrogens (tertiary/aromatic N) is 3. The van der Waals surface area contributed by atoms with Crippen LogP contribution in [-0.4, -0.2) is 72.8 Å². The van der Waals surface area contributed by atoms with Crippen LogP contribution in [0.2, 0.25) is 5.02 Å². The Balaban J connectivity index is 1.27. The van der Waals surface area contributed by atoms with E-state index in [0.717, 1.165) is 50.5 Å². The lowest BCUT2D eigenvalue weighted by Crippen LogP contribution is -2.51. The van der Waals surface area contributed by atoms with Crippen LogP contribution in [0.5, 0.6) is 0 Å². The SMILES string of the molecule is CN1CCN(C(=O)C2CCN(C(=O)C3CC3c3cccc(Cl)c3)CC2)CC1. The average molecular weight is 390 g/mol. The first-order chi connectivity index (χ1) is 13.0. The molecule has 3 aliphatic rings. The minimum Gasteiger partial charge on any atom is -0.342 e. The Morgan fingerprint density at radius 2 is 1.63 bits per heavy atom. The molecule has 2 unspecified atom stereocenters. The quantitative estimate of drug-likeness (QED) is 0.797. The Morgan fingerprint density at radius 3 is 2.30 bits per heavy atom. The highest BCUT2D eigenvalue weighted by Gasteiger charge is 2.46. The molecule has 27 heavy (non-hydrogen) atoms. The first-order valence-corrected chi connectivity index (χ1v) is 10.4. The molecule has 0 aromatic heterocycles. The number of carbonyl (C=O) groups excluding carboxylic acids is 2. The summed E-state index contributed by atoms with van der Waals surface area (Å²) in [4.78, 5) is 31.8. The highest BCUT2D eigenvalue weighted by Crippen LogP contribution is 2.49. The van der Waals surface area contributed by atoms with Gasteiger partial charge in [0.25, 0.3) is 0 Å². The number of hydrogen-bond donors (Lipinski definition) is 0. The van der Waals surface area contributed by atoms with Gasteiger partial charge in [-0.2, -0.15) is 0 Å². The third kappa shape index (κ3) is 4.14. The Kier molecular flexibility index (Phi) is 5.42. The van der Waals surface area contributed by atoms with Crippen molar-refractivity contribution in [3.05, 3.63) is 34.9 Å². The van der Waals surface area contributed by atoms with E-state index in [4.69, 9.17) is 11.6 Å². The fourth-order valence-electron chi connectivity index (χ4n) is 4.44. The van der Waals surface area contributed by atoms with Crippen molar-refractivity contribution < 1.29 is 9.59 Å². The molecule has 0 N–H and O–H groups in total. The smallest absolute Gasteiger partial charge is 0.226 e. The zero-order valence-electron chi connectivity index (χ0n) is 15.9.